The van der Waals surface area contributed by atoms with Gasteiger partial charge in [0.2, 0.25) is 0 Å². The minimum atomic E-state index is -0.532. The highest BCUT2D eigenvalue weighted by molar-refractivity contribution is 6.33. The maximum absolute atomic E-state index is 13.9. The molecule has 2 aromatic carbocycles. The van der Waals surface area contributed by atoms with Gasteiger partial charge >= 0.3 is 0 Å². The monoisotopic (exact) mass is 368 g/mol. The van der Waals surface area contributed by atoms with Crippen LogP contribution in [0.4, 0.5) is 10.1 Å². The summed E-state index contributed by atoms with van der Waals surface area (Å²) in [7, 11) is 0. The molecular weight excluding hydrogens is 359 g/mol. The lowest BCUT2D eigenvalue weighted by molar-refractivity contribution is -0.384. The number of rotatable bonds is 4. The van der Waals surface area contributed by atoms with Crippen LogP contribution in [-0.4, -0.2) is 4.92 Å². The third-order valence-corrected chi connectivity index (χ3v) is 3.95. The van der Waals surface area contributed by atoms with Gasteiger partial charge in [-0.15, -0.1) is 0 Å². The molecule has 3 rings (SSSR count). The number of hydrogen-bond donors (Lipinski definition) is 0. The Morgan fingerprint density at radius 3 is 2.69 bits per heavy atom. The first-order valence-electron chi connectivity index (χ1n) is 7.40. The van der Waals surface area contributed by atoms with E-state index in [0.717, 1.165) is 0 Å². The molecule has 0 fully saturated rings. The van der Waals surface area contributed by atoms with Gasteiger partial charge in [0.05, 0.1) is 21.6 Å². The number of non-ortho nitro benzene ring substituents is 1. The van der Waals surface area contributed by atoms with E-state index in [1.807, 2.05) is 6.07 Å². The van der Waals surface area contributed by atoms with Crippen molar-refractivity contribution in [3.63, 3.8) is 0 Å². The standard InChI is InChI=1S/C19H10ClFN2O3/c20-17-7-5-13(23(24)25)10-16(17)19-8-6-14(26-19)9-12(11-22)15-3-1-2-4-18(15)21/h1-10H/b12-9-. The van der Waals surface area contributed by atoms with E-state index in [4.69, 9.17) is 16.0 Å². The van der Waals surface area contributed by atoms with Crippen LogP contribution in [0.1, 0.15) is 11.3 Å². The fourth-order valence-electron chi connectivity index (χ4n) is 2.38. The average molecular weight is 369 g/mol. The molecule has 0 N–H and O–H groups in total. The van der Waals surface area contributed by atoms with Crippen molar-refractivity contribution in [2.45, 2.75) is 0 Å². The molecule has 0 aliphatic heterocycles. The maximum atomic E-state index is 13.9. The second-order valence-electron chi connectivity index (χ2n) is 5.27. The number of nitriles is 1. The summed E-state index contributed by atoms with van der Waals surface area (Å²) in [4.78, 5) is 10.4. The molecule has 0 bridgehead atoms. The first-order chi connectivity index (χ1) is 12.5. The summed E-state index contributed by atoms with van der Waals surface area (Å²) in [6, 6.07) is 15.0. The Hall–Kier alpha value is -3.43. The molecule has 0 amide bonds. The first-order valence-corrected chi connectivity index (χ1v) is 7.78. The fourth-order valence-corrected chi connectivity index (χ4v) is 2.59. The third kappa shape index (κ3) is 3.48. The third-order valence-electron chi connectivity index (χ3n) is 3.62. The number of hydrogen-bond acceptors (Lipinski definition) is 4. The molecule has 128 valence electrons. The molecule has 0 saturated carbocycles. The van der Waals surface area contributed by atoms with Gasteiger partial charge in [0.25, 0.3) is 5.69 Å². The normalized spacial score (nSPS) is 11.2. The van der Waals surface area contributed by atoms with Crippen molar-refractivity contribution in [3.05, 3.63) is 86.9 Å². The van der Waals surface area contributed by atoms with Gasteiger partial charge in [0, 0.05) is 23.3 Å². The molecule has 0 radical (unpaired) electrons. The predicted molar refractivity (Wildman–Crippen MR) is 95.7 cm³/mol. The predicted octanol–water partition coefficient (Wildman–Crippen LogP) is 5.71. The van der Waals surface area contributed by atoms with Crippen LogP contribution in [0.25, 0.3) is 23.0 Å². The van der Waals surface area contributed by atoms with Crippen LogP contribution < -0.4 is 0 Å². The number of allylic oxidation sites excluding steroid dienone is 1. The van der Waals surface area contributed by atoms with E-state index < -0.39 is 10.7 Å². The first kappa shape index (κ1) is 17.4. The molecule has 0 saturated heterocycles. The van der Waals surface area contributed by atoms with Crippen LogP contribution in [0, 0.1) is 27.3 Å². The van der Waals surface area contributed by atoms with E-state index in [9.17, 15) is 19.8 Å². The van der Waals surface area contributed by atoms with Gasteiger partial charge in [-0.3, -0.25) is 10.1 Å². The number of nitrogens with zero attached hydrogens (tertiary/aromatic N) is 2. The molecule has 0 aliphatic rings. The van der Waals surface area contributed by atoms with Gasteiger partial charge in [0.15, 0.2) is 0 Å². The van der Waals surface area contributed by atoms with Gasteiger partial charge in [0.1, 0.15) is 17.3 Å². The summed E-state index contributed by atoms with van der Waals surface area (Å²) in [5.41, 5.74) is 0.474. The number of halogens is 2. The highest BCUT2D eigenvalue weighted by Crippen LogP contribution is 2.33. The highest BCUT2D eigenvalue weighted by atomic mass is 35.5. The highest BCUT2D eigenvalue weighted by Gasteiger charge is 2.15. The molecule has 7 heteroatoms. The van der Waals surface area contributed by atoms with Gasteiger partial charge in [-0.05, 0) is 30.3 Å². The van der Waals surface area contributed by atoms with Crippen molar-refractivity contribution in [1.82, 2.24) is 0 Å². The van der Waals surface area contributed by atoms with E-state index in [2.05, 4.69) is 0 Å². The molecule has 3 aromatic rings. The van der Waals surface area contributed by atoms with Gasteiger partial charge in [-0.2, -0.15) is 5.26 Å². The second kappa shape index (κ2) is 7.21. The van der Waals surface area contributed by atoms with Crippen molar-refractivity contribution < 1.29 is 13.7 Å². The molecule has 0 spiro atoms. The van der Waals surface area contributed by atoms with Crippen LogP contribution >= 0.6 is 11.6 Å². The van der Waals surface area contributed by atoms with Crippen LogP contribution in [0.15, 0.2) is 59.0 Å². The van der Waals surface area contributed by atoms with Gasteiger partial charge in [-0.1, -0.05) is 29.8 Å². The van der Waals surface area contributed by atoms with Crippen molar-refractivity contribution >= 4 is 28.9 Å². The number of nitro benzene ring substituents is 1. The van der Waals surface area contributed by atoms with Gasteiger partial charge in [-0.25, -0.2) is 4.39 Å². The number of furan rings is 1. The Balaban J connectivity index is 2.01. The zero-order chi connectivity index (χ0) is 18.7. The largest absolute Gasteiger partial charge is 0.457 e. The van der Waals surface area contributed by atoms with Crippen LogP contribution in [-0.2, 0) is 0 Å². The summed E-state index contributed by atoms with van der Waals surface area (Å²) in [5, 5.41) is 20.5. The SMILES string of the molecule is N#C/C(=C/c1ccc(-c2cc([N+](=O)[O-])ccc2Cl)o1)c1ccccc1F. The van der Waals surface area contributed by atoms with Crippen molar-refractivity contribution in [1.29, 1.82) is 5.26 Å². The summed E-state index contributed by atoms with van der Waals surface area (Å²) in [6.07, 6.45) is 1.40. The smallest absolute Gasteiger partial charge is 0.270 e. The Morgan fingerprint density at radius 2 is 2.00 bits per heavy atom. The maximum Gasteiger partial charge on any atom is 0.270 e. The minimum absolute atomic E-state index is 0.0918. The number of nitro groups is 1. The topological polar surface area (TPSA) is 80.1 Å². The lowest BCUT2D eigenvalue weighted by Crippen LogP contribution is -1.88. The summed E-state index contributed by atoms with van der Waals surface area (Å²) in [6.45, 7) is 0. The molecule has 0 aliphatic carbocycles. The van der Waals surface area contributed by atoms with Crippen molar-refractivity contribution in [3.8, 4) is 17.4 Å². The van der Waals surface area contributed by atoms with Gasteiger partial charge < -0.3 is 4.42 Å². The Bertz CT molecular complexity index is 1070. The van der Waals surface area contributed by atoms with Crippen LogP contribution in [0.5, 0.6) is 0 Å². The Labute approximate surface area is 152 Å². The Kier molecular flexibility index (Phi) is 4.83. The van der Waals surface area contributed by atoms with E-state index >= 15 is 0 Å². The van der Waals surface area contributed by atoms with E-state index in [1.54, 1.807) is 18.2 Å². The second-order valence-corrected chi connectivity index (χ2v) is 5.68. The zero-order valence-electron chi connectivity index (χ0n) is 13.1. The summed E-state index contributed by atoms with van der Waals surface area (Å²) < 4.78 is 19.5. The lowest BCUT2D eigenvalue weighted by Gasteiger charge is -2.01. The fraction of sp³-hybridized carbons (Fsp3) is 0. The molecule has 1 heterocycles. The molecule has 26 heavy (non-hydrogen) atoms. The molecule has 1 aromatic heterocycles. The lowest BCUT2D eigenvalue weighted by atomic mass is 10.1. The summed E-state index contributed by atoms with van der Waals surface area (Å²) in [5.74, 6) is 0.0759. The molecular formula is C19H10ClFN2O3. The molecule has 0 atom stereocenters. The van der Waals surface area contributed by atoms with E-state index in [-0.39, 0.29) is 21.8 Å². The minimum Gasteiger partial charge on any atom is -0.457 e. The van der Waals surface area contributed by atoms with Crippen LogP contribution in [0.3, 0.4) is 0 Å². The number of benzene rings is 2. The average Bonchev–Trinajstić information content (AvgIpc) is 3.09. The molecule has 0 unspecified atom stereocenters. The quantitative estimate of drug-likeness (QED) is 0.335. The van der Waals surface area contributed by atoms with E-state index in [0.29, 0.717) is 17.1 Å². The van der Waals surface area contributed by atoms with Crippen molar-refractivity contribution in [2.24, 2.45) is 0 Å². The molecule has 5 nitrogen and oxygen atoms in total. The van der Waals surface area contributed by atoms with Crippen molar-refractivity contribution in [2.75, 3.05) is 0 Å². The van der Waals surface area contributed by atoms with E-state index in [1.165, 1.54) is 42.5 Å². The van der Waals surface area contributed by atoms with Crippen LogP contribution in [0.2, 0.25) is 5.02 Å². The zero-order valence-corrected chi connectivity index (χ0v) is 13.9. The summed E-state index contributed by atoms with van der Waals surface area (Å²) >= 11 is 6.09. The Morgan fingerprint density at radius 1 is 1.23 bits per heavy atom.